The van der Waals surface area contributed by atoms with Gasteiger partial charge in [0, 0.05) is 28.3 Å². The predicted molar refractivity (Wildman–Crippen MR) is 100 cm³/mol. The first-order chi connectivity index (χ1) is 10.2. The predicted octanol–water partition coefficient (Wildman–Crippen LogP) is 6.13. The van der Waals surface area contributed by atoms with Crippen molar-refractivity contribution in [1.82, 2.24) is 4.98 Å². The summed E-state index contributed by atoms with van der Waals surface area (Å²) in [5.41, 5.74) is 5.69. The van der Waals surface area contributed by atoms with Crippen LogP contribution < -0.4 is 0 Å². The van der Waals surface area contributed by atoms with Crippen LogP contribution >= 0.6 is 11.8 Å². The number of rotatable bonds is 2. The van der Waals surface area contributed by atoms with E-state index in [4.69, 9.17) is 4.98 Å². The molecule has 0 N–H and O–H groups in total. The number of hydrogen-bond acceptors (Lipinski definition) is 2. The maximum atomic E-state index is 5.05. The highest BCUT2D eigenvalue weighted by atomic mass is 32.2. The van der Waals surface area contributed by atoms with E-state index in [9.17, 15) is 0 Å². The Labute approximate surface area is 141 Å². The molecule has 1 nitrogen and oxygen atoms in total. The van der Waals surface area contributed by atoms with Gasteiger partial charge in [-0.25, -0.2) is 0 Å². The van der Waals surface area contributed by atoms with Crippen LogP contribution in [0, 0.1) is 18.8 Å². The fourth-order valence-corrected chi connectivity index (χ4v) is 5.24. The first-order valence-electron chi connectivity index (χ1n) is 8.86. The van der Waals surface area contributed by atoms with Crippen LogP contribution in [0.4, 0.5) is 0 Å². The fourth-order valence-electron chi connectivity index (χ4n) is 3.63. The molecule has 2 rings (SSSR count). The van der Waals surface area contributed by atoms with Gasteiger partial charge in [0.05, 0.1) is 0 Å². The minimum Gasteiger partial charge on any atom is -0.258 e. The van der Waals surface area contributed by atoms with Gasteiger partial charge in [-0.2, -0.15) is 11.8 Å². The van der Waals surface area contributed by atoms with Gasteiger partial charge >= 0.3 is 0 Å². The molecule has 1 aromatic heterocycles. The molecule has 0 radical (unpaired) electrons. The van der Waals surface area contributed by atoms with E-state index in [0.717, 1.165) is 0 Å². The molecule has 0 spiro atoms. The van der Waals surface area contributed by atoms with E-state index in [0.29, 0.717) is 34.8 Å². The quantitative estimate of drug-likeness (QED) is 0.650. The van der Waals surface area contributed by atoms with Crippen molar-refractivity contribution < 1.29 is 0 Å². The van der Waals surface area contributed by atoms with Gasteiger partial charge in [-0.05, 0) is 47.8 Å². The summed E-state index contributed by atoms with van der Waals surface area (Å²) in [7, 11) is 0. The van der Waals surface area contributed by atoms with Crippen molar-refractivity contribution in [3.8, 4) is 0 Å². The van der Waals surface area contributed by atoms with Gasteiger partial charge in [0.25, 0.3) is 0 Å². The van der Waals surface area contributed by atoms with Gasteiger partial charge in [-0.1, -0.05) is 48.5 Å². The van der Waals surface area contributed by atoms with Crippen LogP contribution in [0.5, 0.6) is 0 Å². The summed E-state index contributed by atoms with van der Waals surface area (Å²) in [5.74, 6) is 4.31. The summed E-state index contributed by atoms with van der Waals surface area (Å²) in [6, 6.07) is 2.34. The SMILES string of the molecule is Cc1cc(C(C)C)c2c(n1)[C@@H](C)[C@@H](C)[C@@H](C)SCC2C(C)C. The Balaban J connectivity index is 2.70. The molecule has 0 aromatic carbocycles. The zero-order valence-corrected chi connectivity index (χ0v) is 16.4. The number of aromatic nitrogens is 1. The Morgan fingerprint density at radius 2 is 1.77 bits per heavy atom. The molecule has 1 aliphatic heterocycles. The van der Waals surface area contributed by atoms with Crippen LogP contribution in [0.2, 0.25) is 0 Å². The van der Waals surface area contributed by atoms with Crippen LogP contribution in [0.25, 0.3) is 0 Å². The molecule has 0 fully saturated rings. The van der Waals surface area contributed by atoms with Crippen molar-refractivity contribution in [2.45, 2.75) is 78.4 Å². The van der Waals surface area contributed by atoms with E-state index in [2.05, 4.69) is 73.2 Å². The van der Waals surface area contributed by atoms with Gasteiger partial charge in [-0.3, -0.25) is 4.98 Å². The molecule has 0 saturated carbocycles. The molecule has 0 saturated heterocycles. The summed E-state index contributed by atoms with van der Waals surface area (Å²) in [4.78, 5) is 5.05. The van der Waals surface area contributed by atoms with Crippen LogP contribution in [-0.2, 0) is 0 Å². The van der Waals surface area contributed by atoms with Crippen LogP contribution in [-0.4, -0.2) is 16.0 Å². The maximum Gasteiger partial charge on any atom is 0.0476 e. The molecule has 124 valence electrons. The molecule has 4 atom stereocenters. The van der Waals surface area contributed by atoms with Crippen LogP contribution in [0.15, 0.2) is 6.07 Å². The molecule has 0 aliphatic carbocycles. The molecule has 22 heavy (non-hydrogen) atoms. The first-order valence-corrected chi connectivity index (χ1v) is 9.91. The second-order valence-electron chi connectivity index (χ2n) is 7.84. The Kier molecular flexibility index (Phi) is 5.63. The van der Waals surface area contributed by atoms with E-state index in [1.54, 1.807) is 5.56 Å². The average Bonchev–Trinajstić information content (AvgIpc) is 2.44. The van der Waals surface area contributed by atoms with E-state index < -0.39 is 0 Å². The molecular formula is C20H33NS. The minimum atomic E-state index is 0.538. The van der Waals surface area contributed by atoms with E-state index in [1.807, 2.05) is 0 Å². The van der Waals surface area contributed by atoms with Crippen molar-refractivity contribution in [1.29, 1.82) is 0 Å². The number of pyridine rings is 1. The number of nitrogens with zero attached hydrogens (tertiary/aromatic N) is 1. The third kappa shape index (κ3) is 3.37. The lowest BCUT2D eigenvalue weighted by atomic mass is 9.77. The van der Waals surface area contributed by atoms with Crippen molar-refractivity contribution in [3.63, 3.8) is 0 Å². The molecule has 2 heterocycles. The average molecular weight is 320 g/mol. The lowest BCUT2D eigenvalue weighted by Crippen LogP contribution is -2.27. The maximum absolute atomic E-state index is 5.05. The highest BCUT2D eigenvalue weighted by Gasteiger charge is 2.33. The normalized spacial score (nSPS) is 29.4. The summed E-state index contributed by atoms with van der Waals surface area (Å²) >= 11 is 2.16. The molecule has 1 aliphatic rings. The van der Waals surface area contributed by atoms with E-state index >= 15 is 0 Å². The van der Waals surface area contributed by atoms with Gasteiger partial charge in [0.1, 0.15) is 0 Å². The standard InChI is InChI=1S/C20H33NS/c1-11(2)17-9-13(5)21-20-15(7)14(6)16(8)22-10-18(12(3)4)19(17)20/h9,11-12,14-16,18H,10H2,1-8H3/t14-,15+,16-,18?/m1/s1. The first kappa shape index (κ1) is 17.8. The number of thioether (sulfide) groups is 1. The fraction of sp³-hybridized carbons (Fsp3) is 0.750. The Morgan fingerprint density at radius 1 is 1.14 bits per heavy atom. The van der Waals surface area contributed by atoms with E-state index in [-0.39, 0.29) is 0 Å². The molecule has 1 unspecified atom stereocenters. The Hall–Kier alpha value is -0.500. The van der Waals surface area contributed by atoms with Gasteiger partial charge in [0.2, 0.25) is 0 Å². The second-order valence-corrected chi connectivity index (χ2v) is 9.25. The van der Waals surface area contributed by atoms with Crippen molar-refractivity contribution in [2.24, 2.45) is 11.8 Å². The molecule has 0 amide bonds. The Bertz CT molecular complexity index is 521. The zero-order valence-electron chi connectivity index (χ0n) is 15.6. The molecule has 2 heteroatoms. The van der Waals surface area contributed by atoms with E-state index in [1.165, 1.54) is 22.7 Å². The third-order valence-electron chi connectivity index (χ3n) is 5.54. The van der Waals surface area contributed by atoms with Crippen molar-refractivity contribution >= 4 is 11.8 Å². The summed E-state index contributed by atoms with van der Waals surface area (Å²) < 4.78 is 0. The second kappa shape index (κ2) is 6.95. The summed E-state index contributed by atoms with van der Waals surface area (Å²) in [6.07, 6.45) is 0. The highest BCUT2D eigenvalue weighted by molar-refractivity contribution is 7.99. The van der Waals surface area contributed by atoms with Gasteiger partial charge in [-0.15, -0.1) is 0 Å². The summed E-state index contributed by atoms with van der Waals surface area (Å²) in [6.45, 7) is 18.8. The Morgan fingerprint density at radius 3 is 2.32 bits per heavy atom. The molecule has 0 bridgehead atoms. The topological polar surface area (TPSA) is 12.9 Å². The van der Waals surface area contributed by atoms with Crippen LogP contribution in [0.3, 0.4) is 0 Å². The number of aryl methyl sites for hydroxylation is 1. The third-order valence-corrected chi connectivity index (χ3v) is 7.05. The number of fused-ring (bicyclic) bond motifs is 1. The van der Waals surface area contributed by atoms with Gasteiger partial charge < -0.3 is 0 Å². The molecular weight excluding hydrogens is 286 g/mol. The van der Waals surface area contributed by atoms with Crippen molar-refractivity contribution in [2.75, 3.05) is 5.75 Å². The number of hydrogen-bond donors (Lipinski definition) is 0. The smallest absolute Gasteiger partial charge is 0.0476 e. The van der Waals surface area contributed by atoms with Gasteiger partial charge in [0.15, 0.2) is 0 Å². The minimum absolute atomic E-state index is 0.538. The zero-order chi connectivity index (χ0) is 16.6. The van der Waals surface area contributed by atoms with Crippen molar-refractivity contribution in [3.05, 3.63) is 28.6 Å². The largest absolute Gasteiger partial charge is 0.258 e. The molecule has 1 aromatic rings. The highest BCUT2D eigenvalue weighted by Crippen LogP contribution is 2.45. The lowest BCUT2D eigenvalue weighted by Gasteiger charge is -2.36. The van der Waals surface area contributed by atoms with Crippen LogP contribution in [0.1, 0.15) is 88.7 Å². The summed E-state index contributed by atoms with van der Waals surface area (Å²) in [5, 5.41) is 0.703. The monoisotopic (exact) mass is 319 g/mol. The lowest BCUT2D eigenvalue weighted by molar-refractivity contribution is 0.447.